The van der Waals surface area contributed by atoms with Crippen LogP contribution in [0.2, 0.25) is 0 Å². The van der Waals surface area contributed by atoms with Crippen LogP contribution in [-0.4, -0.2) is 54.0 Å². The molecule has 1 aliphatic heterocycles. The third-order valence-electron chi connectivity index (χ3n) is 3.00. The maximum Gasteiger partial charge on any atom is 0.244 e. The Labute approximate surface area is 129 Å². The summed E-state index contributed by atoms with van der Waals surface area (Å²) in [6.45, 7) is 1.08. The highest BCUT2D eigenvalue weighted by molar-refractivity contribution is 7.99. The second-order valence-electron chi connectivity index (χ2n) is 4.55. The summed E-state index contributed by atoms with van der Waals surface area (Å²) < 4.78 is 26.7. The summed E-state index contributed by atoms with van der Waals surface area (Å²) >= 11 is 1.78. The Morgan fingerprint density at radius 3 is 3.00 bits per heavy atom. The van der Waals surface area contributed by atoms with E-state index in [9.17, 15) is 8.42 Å². The van der Waals surface area contributed by atoms with Gasteiger partial charge in [0.1, 0.15) is 4.90 Å². The smallest absolute Gasteiger partial charge is 0.244 e. The van der Waals surface area contributed by atoms with Crippen molar-refractivity contribution >= 4 is 21.8 Å². The van der Waals surface area contributed by atoms with E-state index >= 15 is 0 Å². The molecule has 21 heavy (non-hydrogen) atoms. The zero-order valence-corrected chi connectivity index (χ0v) is 13.3. The SMILES string of the molecule is O=S(=O)(c1cncc(C#CCCO)c1)N1CCCSCC1. The van der Waals surface area contributed by atoms with Gasteiger partial charge in [0.15, 0.2) is 0 Å². The van der Waals surface area contributed by atoms with Gasteiger partial charge in [0.05, 0.1) is 6.61 Å². The molecule has 1 fully saturated rings. The van der Waals surface area contributed by atoms with Crippen LogP contribution in [0.25, 0.3) is 0 Å². The van der Waals surface area contributed by atoms with Crippen molar-refractivity contribution in [3.63, 3.8) is 0 Å². The molecule has 7 heteroatoms. The average Bonchev–Trinajstić information content (AvgIpc) is 2.77. The molecule has 0 bridgehead atoms. The van der Waals surface area contributed by atoms with Crippen LogP contribution in [0, 0.1) is 11.8 Å². The van der Waals surface area contributed by atoms with Crippen LogP contribution in [0.1, 0.15) is 18.4 Å². The molecule has 1 aromatic rings. The van der Waals surface area contributed by atoms with Crippen LogP contribution < -0.4 is 0 Å². The number of aliphatic hydroxyl groups excluding tert-OH is 1. The fourth-order valence-electron chi connectivity index (χ4n) is 1.96. The second kappa shape index (κ2) is 7.80. The molecule has 0 aliphatic carbocycles. The lowest BCUT2D eigenvalue weighted by Gasteiger charge is -2.19. The molecule has 0 aromatic carbocycles. The van der Waals surface area contributed by atoms with Gasteiger partial charge in [-0.1, -0.05) is 11.8 Å². The minimum atomic E-state index is -3.50. The highest BCUT2D eigenvalue weighted by Crippen LogP contribution is 2.19. The first-order chi connectivity index (χ1) is 10.1. The second-order valence-corrected chi connectivity index (χ2v) is 7.72. The Bertz CT molecular complexity index is 627. The normalized spacial score (nSPS) is 16.8. The van der Waals surface area contributed by atoms with Gasteiger partial charge >= 0.3 is 0 Å². The molecule has 0 atom stereocenters. The van der Waals surface area contributed by atoms with E-state index in [1.165, 1.54) is 16.7 Å². The number of rotatable bonds is 3. The Hall–Kier alpha value is -1.07. The number of aliphatic hydroxyl groups is 1. The summed E-state index contributed by atoms with van der Waals surface area (Å²) in [5, 5.41) is 8.70. The molecule has 1 N–H and O–H groups in total. The third-order valence-corrected chi connectivity index (χ3v) is 5.91. The molecule has 1 aliphatic rings. The third kappa shape index (κ3) is 4.45. The number of nitrogens with zero attached hydrogens (tertiary/aromatic N) is 2. The minimum Gasteiger partial charge on any atom is -0.395 e. The van der Waals surface area contributed by atoms with Crippen molar-refractivity contribution in [2.75, 3.05) is 31.2 Å². The molecule has 2 heterocycles. The van der Waals surface area contributed by atoms with Crippen molar-refractivity contribution < 1.29 is 13.5 Å². The molecule has 2 rings (SSSR count). The van der Waals surface area contributed by atoms with Crippen molar-refractivity contribution in [1.29, 1.82) is 0 Å². The average molecular weight is 326 g/mol. The molecule has 0 saturated carbocycles. The first-order valence-electron chi connectivity index (χ1n) is 6.77. The number of thioether (sulfide) groups is 1. The minimum absolute atomic E-state index is 0.0101. The van der Waals surface area contributed by atoms with Crippen molar-refractivity contribution in [3.05, 3.63) is 24.0 Å². The lowest BCUT2D eigenvalue weighted by atomic mass is 10.3. The molecule has 114 valence electrons. The van der Waals surface area contributed by atoms with Crippen LogP contribution in [0.5, 0.6) is 0 Å². The van der Waals surface area contributed by atoms with Crippen molar-refractivity contribution in [1.82, 2.24) is 9.29 Å². The Kier molecular flexibility index (Phi) is 6.06. The van der Waals surface area contributed by atoms with Gasteiger partial charge in [-0.05, 0) is 18.2 Å². The van der Waals surface area contributed by atoms with Gasteiger partial charge in [0.2, 0.25) is 10.0 Å². The summed E-state index contributed by atoms with van der Waals surface area (Å²) in [5.41, 5.74) is 0.550. The van der Waals surface area contributed by atoms with E-state index in [1.807, 2.05) is 0 Å². The lowest BCUT2D eigenvalue weighted by Crippen LogP contribution is -2.33. The van der Waals surface area contributed by atoms with Gasteiger partial charge in [0.25, 0.3) is 0 Å². The van der Waals surface area contributed by atoms with Gasteiger partial charge in [-0.15, -0.1) is 0 Å². The van der Waals surface area contributed by atoms with E-state index in [4.69, 9.17) is 5.11 Å². The summed E-state index contributed by atoms with van der Waals surface area (Å²) in [7, 11) is -3.50. The van der Waals surface area contributed by atoms with Crippen molar-refractivity contribution in [2.45, 2.75) is 17.7 Å². The Balaban J connectivity index is 2.23. The van der Waals surface area contributed by atoms with Gasteiger partial charge in [-0.2, -0.15) is 16.1 Å². The molecule has 1 saturated heterocycles. The van der Waals surface area contributed by atoms with Gasteiger partial charge in [-0.25, -0.2) is 8.42 Å². The highest BCUT2D eigenvalue weighted by Gasteiger charge is 2.25. The van der Waals surface area contributed by atoms with E-state index in [1.54, 1.807) is 17.8 Å². The Morgan fingerprint density at radius 2 is 2.19 bits per heavy atom. The molecule has 0 amide bonds. The zero-order chi connectivity index (χ0) is 15.1. The fraction of sp³-hybridized carbons (Fsp3) is 0.500. The van der Waals surface area contributed by atoms with Crippen molar-refractivity contribution in [3.8, 4) is 11.8 Å². The molecule has 0 spiro atoms. The van der Waals surface area contributed by atoms with Gasteiger partial charge in [-0.3, -0.25) is 4.98 Å². The maximum absolute atomic E-state index is 12.6. The van der Waals surface area contributed by atoms with E-state index < -0.39 is 10.0 Å². The van der Waals surface area contributed by atoms with E-state index in [-0.39, 0.29) is 11.5 Å². The monoisotopic (exact) mass is 326 g/mol. The highest BCUT2D eigenvalue weighted by atomic mass is 32.2. The molecule has 1 aromatic heterocycles. The Morgan fingerprint density at radius 1 is 1.33 bits per heavy atom. The standard InChI is InChI=1S/C14H18N2O3S2/c17-7-2-1-4-13-10-14(12-15-11-13)21(18,19)16-5-3-8-20-9-6-16/h10-12,17H,2-3,5-9H2. The van der Waals surface area contributed by atoms with Gasteiger partial charge < -0.3 is 5.11 Å². The van der Waals surface area contributed by atoms with E-state index in [0.717, 1.165) is 17.9 Å². The summed E-state index contributed by atoms with van der Waals surface area (Å²) in [5.74, 6) is 7.40. The van der Waals surface area contributed by atoms with Crippen molar-refractivity contribution in [2.24, 2.45) is 0 Å². The zero-order valence-electron chi connectivity index (χ0n) is 11.7. The topological polar surface area (TPSA) is 70.5 Å². The van der Waals surface area contributed by atoms with Crippen LogP contribution >= 0.6 is 11.8 Å². The summed E-state index contributed by atoms with van der Waals surface area (Å²) in [6, 6.07) is 1.55. The predicted molar refractivity (Wildman–Crippen MR) is 83.5 cm³/mol. The lowest BCUT2D eigenvalue weighted by molar-refractivity contribution is 0.305. The quantitative estimate of drug-likeness (QED) is 0.837. The maximum atomic E-state index is 12.6. The van der Waals surface area contributed by atoms with E-state index in [2.05, 4.69) is 16.8 Å². The van der Waals surface area contributed by atoms with Crippen LogP contribution in [0.3, 0.4) is 0 Å². The summed E-state index contributed by atoms with van der Waals surface area (Å²) in [4.78, 5) is 4.16. The first kappa shape index (κ1) is 16.3. The first-order valence-corrected chi connectivity index (χ1v) is 9.37. The van der Waals surface area contributed by atoms with Crippen LogP contribution in [0.4, 0.5) is 0 Å². The van der Waals surface area contributed by atoms with Crippen LogP contribution in [0.15, 0.2) is 23.4 Å². The number of aromatic nitrogens is 1. The van der Waals surface area contributed by atoms with Crippen LogP contribution in [-0.2, 0) is 10.0 Å². The molecule has 5 nitrogen and oxygen atoms in total. The number of hydrogen-bond donors (Lipinski definition) is 1. The molecule has 0 unspecified atom stereocenters. The number of sulfonamides is 1. The predicted octanol–water partition coefficient (Wildman–Crippen LogP) is 0.943. The largest absolute Gasteiger partial charge is 0.395 e. The molecular formula is C14H18N2O3S2. The molecule has 0 radical (unpaired) electrons. The molecular weight excluding hydrogens is 308 g/mol. The van der Waals surface area contributed by atoms with E-state index in [0.29, 0.717) is 25.1 Å². The number of hydrogen-bond acceptors (Lipinski definition) is 5. The van der Waals surface area contributed by atoms with Gasteiger partial charge in [0, 0.05) is 43.2 Å². The number of pyridine rings is 1. The summed E-state index contributed by atoms with van der Waals surface area (Å²) in [6.07, 6.45) is 4.12. The fourth-order valence-corrected chi connectivity index (χ4v) is 4.43.